The molecule has 2 aliphatic heterocycles. The fraction of sp³-hybridized carbons (Fsp3) is 0.333. The van der Waals surface area contributed by atoms with Crippen LogP contribution in [-0.4, -0.2) is 48.8 Å². The van der Waals surface area contributed by atoms with Crippen LogP contribution in [0, 0.1) is 21.3 Å². The van der Waals surface area contributed by atoms with Gasteiger partial charge in [0, 0.05) is 15.1 Å². The van der Waals surface area contributed by atoms with E-state index in [2.05, 4.69) is 45.1 Å². The standard InChI is InChI=1S/C30H24BrCl2IN2O5/c1-2-4-15-5-3-6-20(24(15)37)23-18-11-12-19-22(26(39)36(25(19)38)17-9-7-16(34)8-10-17)21(18)13-29(32)27(40)35(14-31)28(41)30(23,29)33/h2-3,5-11,19,21-23,37H,1,4,12-14H2. The summed E-state index contributed by atoms with van der Waals surface area (Å²) < 4.78 is 0.962. The lowest BCUT2D eigenvalue weighted by molar-refractivity contribution is -0.138. The van der Waals surface area contributed by atoms with Crippen molar-refractivity contribution in [1.29, 1.82) is 0 Å². The largest absolute Gasteiger partial charge is 0.507 e. The summed E-state index contributed by atoms with van der Waals surface area (Å²) in [7, 11) is 0. The summed E-state index contributed by atoms with van der Waals surface area (Å²) in [4.78, 5) is 53.7. The maximum Gasteiger partial charge on any atom is 0.254 e. The van der Waals surface area contributed by atoms with E-state index in [1.807, 2.05) is 18.2 Å². The van der Waals surface area contributed by atoms with Crippen LogP contribution in [0.25, 0.3) is 0 Å². The number of hydrogen-bond acceptors (Lipinski definition) is 5. The molecule has 6 rings (SSSR count). The Kier molecular flexibility index (Phi) is 7.19. The third kappa shape index (κ3) is 3.87. The maximum atomic E-state index is 14.1. The third-order valence-electron chi connectivity index (χ3n) is 8.93. The fourth-order valence-electron chi connectivity index (χ4n) is 7.11. The number of allylic oxidation sites excluding steroid dienone is 3. The smallest absolute Gasteiger partial charge is 0.254 e. The number of benzene rings is 2. The lowest BCUT2D eigenvalue weighted by Crippen LogP contribution is -2.60. The number of rotatable bonds is 5. The first-order chi connectivity index (χ1) is 19.5. The third-order valence-corrected chi connectivity index (χ3v) is 11.6. The Balaban J connectivity index is 1.54. The summed E-state index contributed by atoms with van der Waals surface area (Å²) >= 11 is 19.9. The highest BCUT2D eigenvalue weighted by Gasteiger charge is 2.76. The van der Waals surface area contributed by atoms with E-state index in [1.54, 1.807) is 36.4 Å². The van der Waals surface area contributed by atoms with Crippen molar-refractivity contribution in [1.82, 2.24) is 4.90 Å². The van der Waals surface area contributed by atoms with Crippen LogP contribution < -0.4 is 4.90 Å². The van der Waals surface area contributed by atoms with Crippen molar-refractivity contribution in [3.8, 4) is 5.75 Å². The molecule has 212 valence electrons. The van der Waals surface area contributed by atoms with E-state index in [0.717, 1.165) is 8.47 Å². The van der Waals surface area contributed by atoms with Gasteiger partial charge >= 0.3 is 0 Å². The zero-order chi connectivity index (χ0) is 29.4. The summed E-state index contributed by atoms with van der Waals surface area (Å²) in [6.07, 6.45) is 4.00. The molecule has 0 aromatic heterocycles. The van der Waals surface area contributed by atoms with Gasteiger partial charge in [-0.3, -0.25) is 29.0 Å². The predicted molar refractivity (Wildman–Crippen MR) is 167 cm³/mol. The molecule has 7 nitrogen and oxygen atoms in total. The minimum absolute atomic E-state index is 0.0769. The Labute approximate surface area is 268 Å². The van der Waals surface area contributed by atoms with Gasteiger partial charge in [-0.15, -0.1) is 29.8 Å². The van der Waals surface area contributed by atoms with Gasteiger partial charge in [0.2, 0.25) is 11.8 Å². The first kappa shape index (κ1) is 28.9. The van der Waals surface area contributed by atoms with Gasteiger partial charge < -0.3 is 5.11 Å². The maximum absolute atomic E-state index is 14.1. The number of nitrogens with zero attached hydrogens (tertiary/aromatic N) is 2. The molecule has 0 spiro atoms. The molecule has 11 heteroatoms. The van der Waals surface area contributed by atoms with Crippen LogP contribution in [0.3, 0.4) is 0 Å². The van der Waals surface area contributed by atoms with Gasteiger partial charge in [-0.25, -0.2) is 0 Å². The van der Waals surface area contributed by atoms with Gasteiger partial charge in [0.05, 0.1) is 23.0 Å². The van der Waals surface area contributed by atoms with E-state index in [9.17, 15) is 24.3 Å². The molecule has 2 aliphatic carbocycles. The monoisotopic (exact) mass is 768 g/mol. The lowest BCUT2D eigenvalue weighted by Gasteiger charge is -2.50. The second-order valence-electron chi connectivity index (χ2n) is 10.8. The Morgan fingerprint density at radius 3 is 2.41 bits per heavy atom. The van der Waals surface area contributed by atoms with Crippen molar-refractivity contribution in [2.75, 3.05) is 10.4 Å². The molecule has 4 aliphatic rings. The minimum Gasteiger partial charge on any atom is -0.507 e. The van der Waals surface area contributed by atoms with E-state index in [1.165, 1.54) is 4.90 Å². The molecule has 0 radical (unpaired) electrons. The van der Waals surface area contributed by atoms with E-state index in [0.29, 0.717) is 28.8 Å². The van der Waals surface area contributed by atoms with Gasteiger partial charge in [0.25, 0.3) is 11.8 Å². The van der Waals surface area contributed by atoms with Crippen LogP contribution in [-0.2, 0) is 25.6 Å². The number of amides is 4. The quantitative estimate of drug-likeness (QED) is 0.140. The minimum atomic E-state index is -1.97. The molecule has 2 heterocycles. The summed E-state index contributed by atoms with van der Waals surface area (Å²) in [6, 6.07) is 12.3. The fourth-order valence-corrected chi connectivity index (χ4v) is 8.88. The van der Waals surface area contributed by atoms with Crippen molar-refractivity contribution in [3.05, 3.63) is 81.5 Å². The highest BCUT2D eigenvalue weighted by molar-refractivity contribution is 14.1. The van der Waals surface area contributed by atoms with Crippen LogP contribution in [0.1, 0.15) is 29.9 Å². The molecule has 2 saturated heterocycles. The first-order valence-electron chi connectivity index (χ1n) is 13.1. The van der Waals surface area contributed by atoms with Crippen molar-refractivity contribution < 1.29 is 24.3 Å². The number of likely N-dealkylation sites (tertiary alicyclic amines) is 1. The Morgan fingerprint density at radius 2 is 1.76 bits per heavy atom. The molecule has 0 bridgehead atoms. The molecular weight excluding hydrogens is 746 g/mol. The highest BCUT2D eigenvalue weighted by Crippen LogP contribution is 2.66. The van der Waals surface area contributed by atoms with Crippen molar-refractivity contribution in [2.45, 2.75) is 34.9 Å². The molecule has 6 unspecified atom stereocenters. The Hall–Kier alpha value is -2.21. The Morgan fingerprint density at radius 1 is 1.05 bits per heavy atom. The number of phenols is 1. The summed E-state index contributed by atoms with van der Waals surface area (Å²) in [6.45, 7) is 3.76. The first-order valence-corrected chi connectivity index (χ1v) is 16.0. The average Bonchev–Trinajstić information content (AvgIpc) is 3.28. The van der Waals surface area contributed by atoms with Crippen molar-refractivity contribution >= 4 is 91.0 Å². The molecule has 3 fully saturated rings. The molecule has 4 amide bonds. The van der Waals surface area contributed by atoms with Gasteiger partial charge in [0.1, 0.15) is 5.75 Å². The molecule has 2 aromatic rings. The number of imide groups is 2. The van der Waals surface area contributed by atoms with Crippen LogP contribution in [0.5, 0.6) is 5.75 Å². The molecular formula is C30H24BrCl2IN2O5. The average molecular weight is 770 g/mol. The predicted octanol–water partition coefficient (Wildman–Crippen LogP) is 5.64. The lowest BCUT2D eigenvalue weighted by atomic mass is 9.56. The second kappa shape index (κ2) is 10.2. The van der Waals surface area contributed by atoms with Crippen LogP contribution in [0.4, 0.5) is 5.69 Å². The summed E-state index contributed by atoms with van der Waals surface area (Å²) in [5.74, 6) is -5.26. The van der Waals surface area contributed by atoms with Crippen molar-refractivity contribution in [3.63, 3.8) is 0 Å². The zero-order valence-electron chi connectivity index (χ0n) is 21.5. The number of hydrogen-bond donors (Lipinski definition) is 1. The normalized spacial score (nSPS) is 32.5. The number of alkyl halides is 3. The SMILES string of the molecule is C=CCc1cccc(C2C3=CCC4C(=O)N(c5ccc(I)cc5)C(=O)C4C3CC3(Cl)C(=O)N(CBr)C(=O)C23Cl)c1O. The summed E-state index contributed by atoms with van der Waals surface area (Å²) in [5.41, 5.74) is 1.90. The van der Waals surface area contributed by atoms with Crippen LogP contribution in [0.2, 0.25) is 0 Å². The van der Waals surface area contributed by atoms with Gasteiger partial charge in [-0.2, -0.15) is 0 Å². The van der Waals surface area contributed by atoms with Crippen LogP contribution >= 0.6 is 61.7 Å². The molecule has 41 heavy (non-hydrogen) atoms. The molecule has 6 atom stereocenters. The number of carbonyl (C=O) groups is 4. The number of phenolic OH excluding ortho intramolecular Hbond substituents is 1. The molecule has 1 saturated carbocycles. The Bertz CT molecular complexity index is 1560. The zero-order valence-corrected chi connectivity index (χ0v) is 26.8. The van der Waals surface area contributed by atoms with E-state index in [4.69, 9.17) is 23.2 Å². The van der Waals surface area contributed by atoms with E-state index < -0.39 is 45.2 Å². The number of aromatic hydroxyl groups is 1. The topological polar surface area (TPSA) is 95.0 Å². The highest BCUT2D eigenvalue weighted by atomic mass is 127. The van der Waals surface area contributed by atoms with Gasteiger partial charge in [-0.05, 0) is 77.6 Å². The number of para-hydroxylation sites is 1. The van der Waals surface area contributed by atoms with E-state index >= 15 is 0 Å². The summed E-state index contributed by atoms with van der Waals surface area (Å²) in [5, 5.41) is 11.4. The van der Waals surface area contributed by atoms with Gasteiger partial charge in [0.15, 0.2) is 9.75 Å². The number of halogens is 4. The molecule has 1 N–H and O–H groups in total. The van der Waals surface area contributed by atoms with Crippen LogP contribution in [0.15, 0.2) is 66.8 Å². The number of fused-ring (bicyclic) bond motifs is 4. The van der Waals surface area contributed by atoms with Crippen molar-refractivity contribution in [2.24, 2.45) is 17.8 Å². The van der Waals surface area contributed by atoms with E-state index in [-0.39, 0.29) is 35.9 Å². The second-order valence-corrected chi connectivity index (χ2v) is 13.8. The molecule has 2 aromatic carbocycles. The number of carbonyl (C=O) groups excluding carboxylic acids is 4. The number of anilines is 1. The van der Waals surface area contributed by atoms with Gasteiger partial charge in [-0.1, -0.05) is 51.9 Å².